The number of imidazole rings is 2. The van der Waals surface area contributed by atoms with Crippen LogP contribution in [0.3, 0.4) is 0 Å². The molecular formula is C72H119N23O20. The van der Waals surface area contributed by atoms with Gasteiger partial charge >= 0.3 is 11.9 Å². The van der Waals surface area contributed by atoms with Crippen molar-refractivity contribution in [2.45, 2.75) is 251 Å². The lowest BCUT2D eigenvalue weighted by Crippen LogP contribution is -2.62. The van der Waals surface area contributed by atoms with Crippen LogP contribution in [0.2, 0.25) is 0 Å². The highest BCUT2D eigenvalue weighted by Gasteiger charge is 2.42. The summed E-state index contributed by atoms with van der Waals surface area (Å²) in [6.07, 6.45) is 3.21. The Morgan fingerprint density at radius 2 is 0.904 bits per heavy atom. The summed E-state index contributed by atoms with van der Waals surface area (Å²) < 4.78 is 0. The highest BCUT2D eigenvalue weighted by molar-refractivity contribution is 6.01. The molecule has 642 valence electrons. The van der Waals surface area contributed by atoms with E-state index >= 15 is 0 Å². The van der Waals surface area contributed by atoms with Gasteiger partial charge in [0.2, 0.25) is 88.6 Å². The van der Waals surface area contributed by atoms with Crippen molar-refractivity contribution in [3.63, 3.8) is 0 Å². The van der Waals surface area contributed by atoms with E-state index in [0.717, 1.165) is 4.90 Å². The van der Waals surface area contributed by atoms with Crippen LogP contribution in [0, 0.1) is 35.0 Å². The van der Waals surface area contributed by atoms with Crippen LogP contribution >= 0.6 is 0 Å². The standard InChI is InChI=1S/C72H119N23O20/c1-13-38(10)57(94-66(109)46(22-36(6)7)87-59(102)40(12)83-61(104)49(26-54(74)97)89-62(105)45(21-35(4)5)86-58(101)39(11)82-60(103)44(20-34(2)3)84-55(98)28-73)69(112)91-48(25-42-30-78-33-81-42)64(107)93-52(31-96)67(110)88-47(24-41-29-77-32-80-41)63(106)85-43(16-14-18-79-72(75)76)70(113)95-19-15-17-53(95)68(111)90-50(27-56(99)100)65(108)92-51(71(114)115)23-37(8)9/h29-30,32-40,43-53,57,96H,13-28,31,73H2,1-12H3,(H2,74,97)(H,77,80)(H,78,81)(H,82,103)(H,83,104)(H,84,98)(H,85,106)(H,86,101)(H,87,102)(H,88,110)(H,89,105)(H,90,111)(H,91,112)(H,92,108)(H,93,107)(H,94,109)(H,99,100)(H,114,115)(H4,75,76,79)/t38-,39-,40-,43-,44-,45-,46-,47-,48-,49-,50-,51-,52-,53-,57-/m0/s1. The van der Waals surface area contributed by atoms with Crippen LogP contribution in [0.4, 0.5) is 0 Å². The van der Waals surface area contributed by atoms with Gasteiger partial charge in [0.25, 0.3) is 0 Å². The summed E-state index contributed by atoms with van der Waals surface area (Å²) in [5, 5.41) is 72.9. The summed E-state index contributed by atoms with van der Waals surface area (Å²) in [5.41, 5.74) is 16.8. The Labute approximate surface area is 666 Å². The number of likely N-dealkylation sites (tertiary alicyclic amines) is 1. The number of aliphatic hydroxyl groups excluding tert-OH is 1. The number of carboxylic acids is 2. The van der Waals surface area contributed by atoms with Gasteiger partial charge in [-0.3, -0.25) is 82.1 Å². The smallest absolute Gasteiger partial charge is 0.326 e. The van der Waals surface area contributed by atoms with E-state index in [1.54, 1.807) is 55.4 Å². The van der Waals surface area contributed by atoms with Gasteiger partial charge in [-0.15, -0.1) is 0 Å². The molecule has 3 rings (SSSR count). The van der Waals surface area contributed by atoms with Crippen LogP contribution in [0.5, 0.6) is 0 Å². The summed E-state index contributed by atoms with van der Waals surface area (Å²) in [6.45, 7) is 18.2. The number of carbonyl (C=O) groups is 17. The van der Waals surface area contributed by atoms with E-state index in [9.17, 15) is 96.8 Å². The van der Waals surface area contributed by atoms with Crippen LogP contribution in [0.15, 0.2) is 25.0 Å². The van der Waals surface area contributed by atoms with Gasteiger partial charge in [0.1, 0.15) is 84.6 Å². The zero-order valence-electron chi connectivity index (χ0n) is 67.2. The van der Waals surface area contributed by atoms with Crippen LogP contribution in [-0.4, -0.2) is 257 Å². The predicted molar refractivity (Wildman–Crippen MR) is 412 cm³/mol. The van der Waals surface area contributed by atoms with Crippen molar-refractivity contribution in [3.8, 4) is 0 Å². The van der Waals surface area contributed by atoms with E-state index < -0.39 is 229 Å². The van der Waals surface area contributed by atoms with Crippen molar-refractivity contribution >= 4 is 107 Å². The van der Waals surface area contributed by atoms with E-state index in [-0.39, 0.29) is 112 Å². The number of nitrogens with one attached hydrogen (secondary N) is 17. The Morgan fingerprint density at radius 3 is 1.35 bits per heavy atom. The maximum absolute atomic E-state index is 14.7. The lowest BCUT2D eigenvalue weighted by atomic mass is 9.96. The molecule has 0 aromatic carbocycles. The quantitative estimate of drug-likeness (QED) is 0.0167. The number of aliphatic hydroxyl groups is 1. The number of hydrogen-bond acceptors (Lipinski definition) is 22. The fourth-order valence-corrected chi connectivity index (χ4v) is 12.2. The topological polar surface area (TPSA) is 682 Å². The Hall–Kier alpha value is -11.4. The van der Waals surface area contributed by atoms with E-state index in [1.165, 1.54) is 38.9 Å². The highest BCUT2D eigenvalue weighted by Crippen LogP contribution is 2.22. The number of aromatic nitrogens is 4. The van der Waals surface area contributed by atoms with Crippen molar-refractivity contribution < 1.29 is 96.8 Å². The largest absolute Gasteiger partial charge is 0.481 e. The molecule has 2 aromatic rings. The third kappa shape index (κ3) is 34.5. The number of nitrogens with two attached hydrogens (primary N) is 3. The summed E-state index contributed by atoms with van der Waals surface area (Å²) in [6, 6.07) is -21.0. The number of nitrogens with zero attached hydrogens (tertiary/aromatic N) is 3. The molecule has 43 nitrogen and oxygen atoms in total. The van der Waals surface area contributed by atoms with Crippen LogP contribution in [0.1, 0.15) is 165 Å². The average Bonchev–Trinajstić information content (AvgIpc) is 1.73. The number of hydrogen-bond donors (Lipinski definition) is 23. The minimum atomic E-state index is -1.89. The maximum Gasteiger partial charge on any atom is 0.326 e. The van der Waals surface area contributed by atoms with Gasteiger partial charge in [0, 0.05) is 38.3 Å². The molecule has 26 N–H and O–H groups in total. The van der Waals surface area contributed by atoms with E-state index in [0.29, 0.717) is 0 Å². The van der Waals surface area contributed by atoms with Gasteiger partial charge < -0.3 is 122 Å². The highest BCUT2D eigenvalue weighted by atomic mass is 16.4. The average molecular weight is 1630 g/mol. The minimum Gasteiger partial charge on any atom is -0.481 e. The second kappa shape index (κ2) is 48.6. The number of aliphatic carboxylic acids is 2. The molecule has 0 aliphatic carbocycles. The summed E-state index contributed by atoms with van der Waals surface area (Å²) in [5.74, 6) is -19.1. The fraction of sp³-hybridized carbons (Fsp3) is 0.667. The summed E-state index contributed by atoms with van der Waals surface area (Å²) in [7, 11) is 0. The first kappa shape index (κ1) is 97.8. The van der Waals surface area contributed by atoms with Crippen LogP contribution in [0.25, 0.3) is 0 Å². The molecule has 1 aliphatic heterocycles. The van der Waals surface area contributed by atoms with Gasteiger partial charge in [0.05, 0.1) is 50.0 Å². The molecule has 15 amide bonds. The Morgan fingerprint density at radius 1 is 0.504 bits per heavy atom. The number of aromatic amines is 2. The molecular weight excluding hydrogens is 1510 g/mol. The Balaban J connectivity index is 1.89. The molecule has 1 fully saturated rings. The van der Waals surface area contributed by atoms with E-state index in [4.69, 9.17) is 22.6 Å². The molecule has 2 aromatic heterocycles. The van der Waals surface area contributed by atoms with Crippen LogP contribution in [-0.2, 0) is 94.3 Å². The zero-order valence-corrected chi connectivity index (χ0v) is 67.2. The van der Waals surface area contributed by atoms with E-state index in [1.807, 2.05) is 13.8 Å². The molecule has 1 saturated heterocycles. The molecule has 1 aliphatic rings. The molecule has 0 spiro atoms. The monoisotopic (exact) mass is 1630 g/mol. The number of H-pyrrole nitrogens is 2. The van der Waals surface area contributed by atoms with Gasteiger partial charge in [-0.1, -0.05) is 75.7 Å². The third-order valence-corrected chi connectivity index (χ3v) is 18.3. The zero-order chi connectivity index (χ0) is 86.7. The minimum absolute atomic E-state index is 0.00128. The summed E-state index contributed by atoms with van der Waals surface area (Å²) >= 11 is 0. The van der Waals surface area contributed by atoms with Crippen molar-refractivity contribution in [3.05, 3.63) is 36.4 Å². The van der Waals surface area contributed by atoms with Gasteiger partial charge in [-0.2, -0.15) is 0 Å². The predicted octanol–water partition coefficient (Wildman–Crippen LogP) is -5.87. The number of guanidine groups is 1. The molecule has 43 heteroatoms. The second-order valence-electron chi connectivity index (χ2n) is 30.2. The molecule has 15 atom stereocenters. The third-order valence-electron chi connectivity index (χ3n) is 18.3. The van der Waals surface area contributed by atoms with Gasteiger partial charge in [-0.05, 0) is 94.8 Å². The van der Waals surface area contributed by atoms with Crippen LogP contribution < -0.4 is 91.6 Å². The SMILES string of the molecule is CC[C@H](C)[C@H](NC(=O)[C@H](CC(C)C)NC(=O)[C@H](C)NC(=O)[C@H](CC(N)=O)NC(=O)[C@H](CC(C)C)NC(=O)[C@H](C)NC(=O)[C@H](CC(C)C)NC(=O)CN)C(=O)N[C@@H](Cc1c[nH]cn1)C(=O)N[C@@H](CO)C(=O)N[C@@H](Cc1c[nH]cn1)C(=O)N[C@@H](CCCNC(=N)N)C(=O)N1CCC[C@H]1C(=O)N[C@@H](CC(=O)O)C(=O)N[C@@H](CC(C)C)C(=O)O. The number of carboxylic acid groups (broad SMARTS) is 2. The molecule has 0 radical (unpaired) electrons. The second-order valence-corrected chi connectivity index (χ2v) is 30.2. The van der Waals surface area contributed by atoms with E-state index in [2.05, 4.69) is 94.4 Å². The first-order chi connectivity index (χ1) is 54.0. The number of rotatable bonds is 51. The lowest BCUT2D eigenvalue weighted by Gasteiger charge is -2.31. The first-order valence-electron chi connectivity index (χ1n) is 38.3. The number of amides is 15. The molecule has 0 bridgehead atoms. The van der Waals surface area contributed by atoms with Gasteiger partial charge in [0.15, 0.2) is 5.96 Å². The van der Waals surface area contributed by atoms with Gasteiger partial charge in [-0.25, -0.2) is 14.8 Å². The van der Waals surface area contributed by atoms with Crippen molar-refractivity contribution in [2.24, 2.45) is 46.8 Å². The van der Waals surface area contributed by atoms with Crippen molar-refractivity contribution in [1.82, 2.24) is 99.3 Å². The molecule has 0 unspecified atom stereocenters. The molecule has 3 heterocycles. The lowest BCUT2D eigenvalue weighted by molar-refractivity contribution is -0.145. The normalized spacial score (nSPS) is 16.3. The maximum atomic E-state index is 14.7. The summed E-state index contributed by atoms with van der Waals surface area (Å²) in [4.78, 5) is 247. The molecule has 0 saturated carbocycles. The molecule has 115 heavy (non-hydrogen) atoms. The van der Waals surface area contributed by atoms with Crippen molar-refractivity contribution in [1.29, 1.82) is 5.41 Å². The fourth-order valence-electron chi connectivity index (χ4n) is 12.2. The first-order valence-corrected chi connectivity index (χ1v) is 38.3. The number of carbonyl (C=O) groups excluding carboxylic acids is 15. The van der Waals surface area contributed by atoms with Crippen molar-refractivity contribution in [2.75, 3.05) is 26.2 Å². The Bertz CT molecular complexity index is 3650. The Kier molecular flexibility index (Phi) is 41.3. The number of primary amides is 1.